The number of hydrogen-bond donors (Lipinski definition) is 2. The maximum absolute atomic E-state index is 4.15. The van der Waals surface area contributed by atoms with Gasteiger partial charge in [-0.2, -0.15) is 0 Å². The summed E-state index contributed by atoms with van der Waals surface area (Å²) < 4.78 is 0. The van der Waals surface area contributed by atoms with Crippen LogP contribution in [-0.4, -0.2) is 28.3 Å². The van der Waals surface area contributed by atoms with E-state index in [-0.39, 0.29) is 0 Å². The molecule has 0 fully saturated rings. The Morgan fingerprint density at radius 3 is 3.14 bits per heavy atom. The van der Waals surface area contributed by atoms with Crippen molar-refractivity contribution in [3.05, 3.63) is 12.4 Å². The lowest BCUT2D eigenvalue weighted by Gasteiger charge is -2.11. The molecule has 1 rings (SSSR count). The van der Waals surface area contributed by atoms with E-state index in [9.17, 15) is 0 Å². The third-order valence-electron chi connectivity index (χ3n) is 2.03. The van der Waals surface area contributed by atoms with Gasteiger partial charge in [0.05, 0.1) is 0 Å². The minimum Gasteiger partial charge on any atom is -0.340 e. The monoisotopic (exact) mass is 213 g/mol. The summed E-state index contributed by atoms with van der Waals surface area (Å²) in [5, 5.41) is 4.49. The smallest absolute Gasteiger partial charge is 0.165 e. The lowest BCUT2D eigenvalue weighted by atomic mass is 10.2. The second-order valence-corrected chi connectivity index (χ2v) is 4.47. The van der Waals surface area contributed by atoms with Gasteiger partial charge in [-0.1, -0.05) is 25.1 Å². The Morgan fingerprint density at radius 2 is 2.50 bits per heavy atom. The number of nitrogens with one attached hydrogen (secondary N) is 2. The van der Waals surface area contributed by atoms with Gasteiger partial charge in [-0.05, 0) is 13.3 Å². The molecule has 0 aliphatic carbocycles. The molecule has 0 saturated heterocycles. The van der Waals surface area contributed by atoms with E-state index in [4.69, 9.17) is 0 Å². The standard InChI is InChI=1S/C10H19N3S/c1-3-4-9(2)11-7-8-14-10-12-5-6-13-10/h5-6,9,11H,3-4,7-8H2,1-2H3,(H,12,13). The molecule has 2 N–H and O–H groups in total. The van der Waals surface area contributed by atoms with Crippen molar-refractivity contribution in [3.8, 4) is 0 Å². The third-order valence-corrected chi connectivity index (χ3v) is 2.93. The summed E-state index contributed by atoms with van der Waals surface area (Å²) in [6.07, 6.45) is 6.15. The minimum absolute atomic E-state index is 0.636. The minimum atomic E-state index is 0.636. The summed E-state index contributed by atoms with van der Waals surface area (Å²) in [6, 6.07) is 0.636. The van der Waals surface area contributed by atoms with E-state index in [0.717, 1.165) is 17.5 Å². The number of rotatable bonds is 7. The van der Waals surface area contributed by atoms with Gasteiger partial charge in [0.25, 0.3) is 0 Å². The van der Waals surface area contributed by atoms with E-state index in [2.05, 4.69) is 29.1 Å². The molecule has 1 aromatic heterocycles. The molecule has 1 atom stereocenters. The van der Waals surface area contributed by atoms with Gasteiger partial charge in [0, 0.05) is 30.7 Å². The zero-order valence-corrected chi connectivity index (χ0v) is 9.73. The Labute approximate surface area is 90.1 Å². The fourth-order valence-corrected chi connectivity index (χ4v) is 2.02. The normalized spacial score (nSPS) is 13.0. The number of aromatic nitrogens is 2. The van der Waals surface area contributed by atoms with Crippen molar-refractivity contribution in [1.82, 2.24) is 15.3 Å². The van der Waals surface area contributed by atoms with Crippen LogP contribution in [0.25, 0.3) is 0 Å². The first-order valence-corrected chi connectivity index (χ1v) is 6.17. The summed E-state index contributed by atoms with van der Waals surface area (Å²) in [7, 11) is 0. The highest BCUT2D eigenvalue weighted by molar-refractivity contribution is 7.99. The number of H-pyrrole nitrogens is 1. The van der Waals surface area contributed by atoms with Crippen LogP contribution >= 0.6 is 11.8 Å². The van der Waals surface area contributed by atoms with E-state index >= 15 is 0 Å². The highest BCUT2D eigenvalue weighted by atomic mass is 32.2. The van der Waals surface area contributed by atoms with Gasteiger partial charge >= 0.3 is 0 Å². The Hall–Kier alpha value is -0.480. The van der Waals surface area contributed by atoms with Crippen molar-refractivity contribution < 1.29 is 0 Å². The molecule has 4 heteroatoms. The zero-order chi connectivity index (χ0) is 10.2. The molecule has 0 bridgehead atoms. The number of hydrogen-bond acceptors (Lipinski definition) is 3. The van der Waals surface area contributed by atoms with E-state index in [1.54, 1.807) is 18.0 Å². The lowest BCUT2D eigenvalue weighted by Crippen LogP contribution is -2.27. The van der Waals surface area contributed by atoms with Crippen LogP contribution in [0.5, 0.6) is 0 Å². The van der Waals surface area contributed by atoms with Crippen LogP contribution in [0.3, 0.4) is 0 Å². The predicted molar refractivity (Wildman–Crippen MR) is 61.7 cm³/mol. The zero-order valence-electron chi connectivity index (χ0n) is 8.92. The van der Waals surface area contributed by atoms with Gasteiger partial charge in [0.1, 0.15) is 0 Å². The average Bonchev–Trinajstić information content (AvgIpc) is 2.65. The van der Waals surface area contributed by atoms with Crippen molar-refractivity contribution in [2.24, 2.45) is 0 Å². The topological polar surface area (TPSA) is 40.7 Å². The maximum atomic E-state index is 4.15. The first kappa shape index (κ1) is 11.6. The van der Waals surface area contributed by atoms with Crippen molar-refractivity contribution in [2.75, 3.05) is 12.3 Å². The Bertz CT molecular complexity index is 223. The van der Waals surface area contributed by atoms with Crippen LogP contribution in [0.15, 0.2) is 17.6 Å². The Balaban J connectivity index is 1.99. The summed E-state index contributed by atoms with van der Waals surface area (Å²) >= 11 is 1.76. The number of imidazole rings is 1. The summed E-state index contributed by atoms with van der Waals surface area (Å²) in [5.74, 6) is 1.07. The molecule has 3 nitrogen and oxygen atoms in total. The average molecular weight is 213 g/mol. The second-order valence-electron chi connectivity index (χ2n) is 3.39. The first-order chi connectivity index (χ1) is 6.83. The number of nitrogens with zero attached hydrogens (tertiary/aromatic N) is 1. The molecule has 0 spiro atoms. The van der Waals surface area contributed by atoms with E-state index in [1.165, 1.54) is 12.8 Å². The molecule has 0 aromatic carbocycles. The molecule has 0 saturated carbocycles. The molecular weight excluding hydrogens is 194 g/mol. The fraction of sp³-hybridized carbons (Fsp3) is 0.700. The predicted octanol–water partition coefficient (Wildman–Crippen LogP) is 2.28. The van der Waals surface area contributed by atoms with Crippen molar-refractivity contribution in [1.29, 1.82) is 0 Å². The number of aromatic amines is 1. The third kappa shape index (κ3) is 4.67. The van der Waals surface area contributed by atoms with Gasteiger partial charge in [0.15, 0.2) is 5.16 Å². The second kappa shape index (κ2) is 6.90. The van der Waals surface area contributed by atoms with Gasteiger partial charge in [-0.3, -0.25) is 0 Å². The molecule has 1 heterocycles. The number of thioether (sulfide) groups is 1. The molecule has 0 radical (unpaired) electrons. The van der Waals surface area contributed by atoms with Crippen molar-refractivity contribution in [2.45, 2.75) is 37.9 Å². The van der Waals surface area contributed by atoms with Crippen LogP contribution in [0.1, 0.15) is 26.7 Å². The van der Waals surface area contributed by atoms with Crippen LogP contribution in [0.2, 0.25) is 0 Å². The van der Waals surface area contributed by atoms with E-state index in [0.29, 0.717) is 6.04 Å². The first-order valence-electron chi connectivity index (χ1n) is 5.18. The highest BCUT2D eigenvalue weighted by Gasteiger charge is 1.99. The maximum Gasteiger partial charge on any atom is 0.165 e. The molecule has 0 amide bonds. The summed E-state index contributed by atoms with van der Waals surface area (Å²) in [4.78, 5) is 7.22. The van der Waals surface area contributed by atoms with Gasteiger partial charge in [-0.15, -0.1) is 0 Å². The molecule has 0 aliphatic rings. The van der Waals surface area contributed by atoms with E-state index in [1.807, 2.05) is 6.20 Å². The Kier molecular flexibility index (Phi) is 5.71. The van der Waals surface area contributed by atoms with Gasteiger partial charge in [-0.25, -0.2) is 4.98 Å². The molecule has 1 aromatic rings. The molecule has 0 aliphatic heterocycles. The van der Waals surface area contributed by atoms with E-state index < -0.39 is 0 Å². The van der Waals surface area contributed by atoms with Crippen LogP contribution in [0, 0.1) is 0 Å². The lowest BCUT2D eigenvalue weighted by molar-refractivity contribution is 0.526. The van der Waals surface area contributed by atoms with Crippen LogP contribution < -0.4 is 5.32 Å². The van der Waals surface area contributed by atoms with Crippen LogP contribution in [-0.2, 0) is 0 Å². The molecule has 1 unspecified atom stereocenters. The molecule has 14 heavy (non-hydrogen) atoms. The Morgan fingerprint density at radius 1 is 1.64 bits per heavy atom. The fourth-order valence-electron chi connectivity index (χ4n) is 1.32. The molecular formula is C10H19N3S. The quantitative estimate of drug-likeness (QED) is 0.539. The SMILES string of the molecule is CCCC(C)NCCSc1ncc[nH]1. The largest absolute Gasteiger partial charge is 0.340 e. The summed E-state index contributed by atoms with van der Waals surface area (Å²) in [5.41, 5.74) is 0. The molecule has 80 valence electrons. The highest BCUT2D eigenvalue weighted by Crippen LogP contribution is 2.10. The van der Waals surface area contributed by atoms with Crippen LogP contribution in [0.4, 0.5) is 0 Å². The van der Waals surface area contributed by atoms with Crippen molar-refractivity contribution in [3.63, 3.8) is 0 Å². The summed E-state index contributed by atoms with van der Waals surface area (Å²) in [6.45, 7) is 5.50. The van der Waals surface area contributed by atoms with Gasteiger partial charge in [0.2, 0.25) is 0 Å². The van der Waals surface area contributed by atoms with Crippen molar-refractivity contribution >= 4 is 11.8 Å². The van der Waals surface area contributed by atoms with Gasteiger partial charge < -0.3 is 10.3 Å².